The molecule has 0 radical (unpaired) electrons. The number of rotatable bonds is 5. The highest BCUT2D eigenvalue weighted by molar-refractivity contribution is 5.93. The van der Waals surface area contributed by atoms with Gasteiger partial charge in [-0.1, -0.05) is 5.16 Å². The van der Waals surface area contributed by atoms with Gasteiger partial charge in [-0.05, 0) is 33.2 Å². The van der Waals surface area contributed by atoms with Gasteiger partial charge in [0, 0.05) is 12.1 Å². The Balaban J connectivity index is 1.62. The van der Waals surface area contributed by atoms with E-state index in [0.717, 1.165) is 25.9 Å². The van der Waals surface area contributed by atoms with Gasteiger partial charge < -0.3 is 9.84 Å². The minimum Gasteiger partial charge on any atom is -0.360 e. The molecular formula is C14H20N6O2. The van der Waals surface area contributed by atoms with Crippen LogP contribution >= 0.6 is 0 Å². The zero-order valence-corrected chi connectivity index (χ0v) is 12.8. The van der Waals surface area contributed by atoms with Crippen LogP contribution in [-0.2, 0) is 11.3 Å². The normalized spacial score (nSPS) is 20.2. The number of hydrogen-bond acceptors (Lipinski definition) is 6. The molecule has 0 unspecified atom stereocenters. The molecule has 3 heterocycles. The molecule has 2 aromatic heterocycles. The third-order valence-corrected chi connectivity index (χ3v) is 4.04. The van der Waals surface area contributed by atoms with Crippen LogP contribution in [-0.4, -0.2) is 49.4 Å². The summed E-state index contributed by atoms with van der Waals surface area (Å²) in [6.45, 7) is 5.37. The Morgan fingerprint density at radius 2 is 2.45 bits per heavy atom. The van der Waals surface area contributed by atoms with Crippen LogP contribution in [0.5, 0.6) is 0 Å². The minimum absolute atomic E-state index is 0.0706. The van der Waals surface area contributed by atoms with E-state index in [2.05, 4.69) is 25.5 Å². The number of likely N-dealkylation sites (tertiary alicyclic amines) is 1. The SMILES string of the molecule is Cc1cc(NC(=O)[C@@H](C)N2CCC[C@@H]2Cn2cncn2)no1. The van der Waals surface area contributed by atoms with E-state index in [4.69, 9.17) is 4.52 Å². The van der Waals surface area contributed by atoms with Crippen molar-refractivity contribution in [3.8, 4) is 0 Å². The summed E-state index contributed by atoms with van der Waals surface area (Å²) in [7, 11) is 0. The van der Waals surface area contributed by atoms with E-state index < -0.39 is 0 Å². The Morgan fingerprint density at radius 1 is 1.59 bits per heavy atom. The van der Waals surface area contributed by atoms with E-state index >= 15 is 0 Å². The van der Waals surface area contributed by atoms with Gasteiger partial charge in [0.25, 0.3) is 0 Å². The average Bonchev–Trinajstić information content (AvgIpc) is 3.21. The molecule has 0 aromatic carbocycles. The number of hydrogen-bond donors (Lipinski definition) is 1. The molecule has 3 rings (SSSR count). The molecular weight excluding hydrogens is 284 g/mol. The molecule has 1 aliphatic rings. The van der Waals surface area contributed by atoms with Crippen molar-refractivity contribution in [1.82, 2.24) is 24.8 Å². The summed E-state index contributed by atoms with van der Waals surface area (Å²) in [6.07, 6.45) is 5.38. The smallest absolute Gasteiger partial charge is 0.242 e. The highest BCUT2D eigenvalue weighted by atomic mass is 16.5. The first-order valence-electron chi connectivity index (χ1n) is 7.46. The average molecular weight is 304 g/mol. The number of anilines is 1. The summed E-state index contributed by atoms with van der Waals surface area (Å²) in [5, 5.41) is 10.7. The first kappa shape index (κ1) is 14.7. The summed E-state index contributed by atoms with van der Waals surface area (Å²) in [5.74, 6) is 1.06. The van der Waals surface area contributed by atoms with E-state index in [1.807, 2.05) is 11.6 Å². The van der Waals surface area contributed by atoms with Crippen molar-refractivity contribution in [1.29, 1.82) is 0 Å². The lowest BCUT2D eigenvalue weighted by atomic mass is 10.2. The Morgan fingerprint density at radius 3 is 3.14 bits per heavy atom. The van der Waals surface area contributed by atoms with Crippen LogP contribution in [0.25, 0.3) is 0 Å². The number of aromatic nitrogens is 4. The quantitative estimate of drug-likeness (QED) is 0.888. The molecule has 22 heavy (non-hydrogen) atoms. The fourth-order valence-corrected chi connectivity index (χ4v) is 2.91. The Hall–Kier alpha value is -2.22. The topological polar surface area (TPSA) is 89.1 Å². The van der Waals surface area contributed by atoms with Gasteiger partial charge in [0.05, 0.1) is 12.6 Å². The summed E-state index contributed by atoms with van der Waals surface area (Å²) >= 11 is 0. The number of carbonyl (C=O) groups excluding carboxylic acids is 1. The van der Waals surface area contributed by atoms with Gasteiger partial charge in [0.15, 0.2) is 5.82 Å². The third-order valence-electron chi connectivity index (χ3n) is 4.04. The Labute approximate surface area is 128 Å². The van der Waals surface area contributed by atoms with Crippen molar-refractivity contribution >= 4 is 11.7 Å². The van der Waals surface area contributed by atoms with Crippen molar-refractivity contribution < 1.29 is 9.32 Å². The molecule has 118 valence electrons. The fraction of sp³-hybridized carbons (Fsp3) is 0.571. The van der Waals surface area contributed by atoms with Crippen molar-refractivity contribution in [2.45, 2.75) is 45.3 Å². The van der Waals surface area contributed by atoms with Crippen LogP contribution in [0.1, 0.15) is 25.5 Å². The summed E-state index contributed by atoms with van der Waals surface area (Å²) < 4.78 is 6.78. The maximum atomic E-state index is 12.4. The van der Waals surface area contributed by atoms with Crippen LogP contribution in [0.3, 0.4) is 0 Å². The molecule has 1 N–H and O–H groups in total. The van der Waals surface area contributed by atoms with Crippen LogP contribution in [0.2, 0.25) is 0 Å². The summed E-state index contributed by atoms with van der Waals surface area (Å²) in [6, 6.07) is 1.77. The van der Waals surface area contributed by atoms with Crippen molar-refractivity contribution in [3.63, 3.8) is 0 Å². The Bertz CT molecular complexity index is 623. The van der Waals surface area contributed by atoms with Gasteiger partial charge in [-0.3, -0.25) is 14.4 Å². The first-order valence-corrected chi connectivity index (χ1v) is 7.46. The highest BCUT2D eigenvalue weighted by Gasteiger charge is 2.32. The number of carbonyl (C=O) groups is 1. The van der Waals surface area contributed by atoms with Gasteiger partial charge in [-0.25, -0.2) is 4.98 Å². The summed E-state index contributed by atoms with van der Waals surface area (Å²) in [4.78, 5) is 18.6. The lowest BCUT2D eigenvalue weighted by molar-refractivity contribution is -0.121. The molecule has 1 saturated heterocycles. The molecule has 0 saturated carbocycles. The maximum absolute atomic E-state index is 12.4. The van der Waals surface area contributed by atoms with Gasteiger partial charge in [0.1, 0.15) is 18.4 Å². The van der Waals surface area contributed by atoms with E-state index in [0.29, 0.717) is 17.6 Å². The lowest BCUT2D eigenvalue weighted by Crippen LogP contribution is -2.46. The second kappa shape index (κ2) is 6.27. The molecule has 1 amide bonds. The highest BCUT2D eigenvalue weighted by Crippen LogP contribution is 2.22. The Kier molecular flexibility index (Phi) is 4.19. The predicted octanol–water partition coefficient (Wildman–Crippen LogP) is 1.07. The van der Waals surface area contributed by atoms with Crippen molar-refractivity contribution in [3.05, 3.63) is 24.5 Å². The maximum Gasteiger partial charge on any atom is 0.242 e. The van der Waals surface area contributed by atoms with Crippen molar-refractivity contribution in [2.24, 2.45) is 0 Å². The molecule has 0 aliphatic carbocycles. The molecule has 1 aliphatic heterocycles. The molecule has 1 fully saturated rings. The lowest BCUT2D eigenvalue weighted by Gasteiger charge is -2.29. The largest absolute Gasteiger partial charge is 0.360 e. The first-order chi connectivity index (χ1) is 10.6. The standard InChI is InChI=1S/C14H20N6O2/c1-10-6-13(18-22-10)17-14(21)11(2)20-5-3-4-12(20)7-19-9-15-8-16-19/h6,8-9,11-12H,3-5,7H2,1-2H3,(H,17,18,21)/t11-,12-/m1/s1. The zero-order chi connectivity index (χ0) is 15.5. The molecule has 2 atom stereocenters. The molecule has 0 bridgehead atoms. The van der Waals surface area contributed by atoms with E-state index in [9.17, 15) is 4.79 Å². The monoisotopic (exact) mass is 304 g/mol. The van der Waals surface area contributed by atoms with E-state index in [1.165, 1.54) is 6.33 Å². The van der Waals surface area contributed by atoms with E-state index in [1.54, 1.807) is 19.3 Å². The predicted molar refractivity (Wildman–Crippen MR) is 79.1 cm³/mol. The van der Waals surface area contributed by atoms with Crippen LogP contribution in [0.15, 0.2) is 23.2 Å². The third kappa shape index (κ3) is 3.16. The number of nitrogens with zero attached hydrogens (tertiary/aromatic N) is 5. The molecule has 8 nitrogen and oxygen atoms in total. The van der Waals surface area contributed by atoms with Crippen molar-refractivity contribution in [2.75, 3.05) is 11.9 Å². The second-order valence-corrected chi connectivity index (χ2v) is 5.64. The zero-order valence-electron chi connectivity index (χ0n) is 12.8. The molecule has 0 spiro atoms. The fourth-order valence-electron chi connectivity index (χ4n) is 2.91. The number of nitrogens with one attached hydrogen (secondary N) is 1. The van der Waals surface area contributed by atoms with Crippen LogP contribution in [0, 0.1) is 6.92 Å². The van der Waals surface area contributed by atoms with Gasteiger partial charge >= 0.3 is 0 Å². The second-order valence-electron chi connectivity index (χ2n) is 5.64. The van der Waals surface area contributed by atoms with E-state index in [-0.39, 0.29) is 11.9 Å². The van der Waals surface area contributed by atoms with Gasteiger partial charge in [0.2, 0.25) is 5.91 Å². The minimum atomic E-state index is -0.229. The van der Waals surface area contributed by atoms with Crippen LogP contribution < -0.4 is 5.32 Å². The number of amides is 1. The van der Waals surface area contributed by atoms with Crippen LogP contribution in [0.4, 0.5) is 5.82 Å². The molecule has 2 aromatic rings. The number of aryl methyl sites for hydroxylation is 1. The van der Waals surface area contributed by atoms with Gasteiger partial charge in [-0.15, -0.1) is 0 Å². The van der Waals surface area contributed by atoms with Gasteiger partial charge in [-0.2, -0.15) is 5.10 Å². The molecule has 8 heteroatoms. The summed E-state index contributed by atoms with van der Waals surface area (Å²) in [5.41, 5.74) is 0.